The first-order chi connectivity index (χ1) is 13.1. The fourth-order valence-electron chi connectivity index (χ4n) is 3.76. The van der Waals surface area contributed by atoms with Crippen LogP contribution in [0.5, 0.6) is 0 Å². The van der Waals surface area contributed by atoms with Gasteiger partial charge in [0.25, 0.3) is 0 Å². The Morgan fingerprint density at radius 3 is 0.931 bits per heavy atom. The summed E-state index contributed by atoms with van der Waals surface area (Å²) in [6.07, 6.45) is 0.978. The van der Waals surface area contributed by atoms with E-state index in [-0.39, 0.29) is 17.6 Å². The number of rotatable bonds is 14. The van der Waals surface area contributed by atoms with Crippen molar-refractivity contribution in [2.75, 3.05) is 96.9 Å². The molecule has 0 aliphatic heterocycles. The van der Waals surface area contributed by atoms with Crippen LogP contribution in [0.3, 0.4) is 0 Å². The van der Waals surface area contributed by atoms with Gasteiger partial charge < -0.3 is 0 Å². The fourth-order valence-corrected chi connectivity index (χ4v) is 8.12. The largest absolute Gasteiger partial charge is 0.405 e. The van der Waals surface area contributed by atoms with Crippen molar-refractivity contribution in [3.05, 3.63) is 0 Å². The molecule has 0 aromatic carbocycles. The second-order valence-electron chi connectivity index (χ2n) is 8.13. The van der Waals surface area contributed by atoms with E-state index in [1.54, 1.807) is 0 Å². The van der Waals surface area contributed by atoms with E-state index < -0.39 is 22.0 Å². The first kappa shape index (κ1) is 29.5. The van der Waals surface area contributed by atoms with Crippen molar-refractivity contribution in [1.29, 1.82) is 0 Å². The van der Waals surface area contributed by atoms with Gasteiger partial charge in [-0.1, -0.05) is 0 Å². The molecule has 0 rings (SSSR count). The summed E-state index contributed by atoms with van der Waals surface area (Å²) in [4.78, 5) is 12.2. The topological polar surface area (TPSA) is 72.0 Å². The number of nitrogens with zero attached hydrogens (tertiary/aromatic N) is 6. The summed E-state index contributed by atoms with van der Waals surface area (Å²) in [6.45, 7) is 0. The van der Waals surface area contributed by atoms with Crippen LogP contribution in [-0.2, 0) is 18.3 Å². The average Bonchev–Trinajstić information content (AvgIpc) is 2.53. The lowest BCUT2D eigenvalue weighted by atomic mass is 10.3. The van der Waals surface area contributed by atoms with Crippen LogP contribution in [0.1, 0.15) is 0 Å². The summed E-state index contributed by atoms with van der Waals surface area (Å²) < 4.78 is 35.0. The summed E-state index contributed by atoms with van der Waals surface area (Å²) in [5.41, 5.74) is 0. The molecule has 10 nitrogen and oxygen atoms in total. The van der Waals surface area contributed by atoms with E-state index in [1.807, 2.05) is 114 Å². The van der Waals surface area contributed by atoms with Gasteiger partial charge in [0.15, 0.2) is 0 Å². The number of hydrogen-bond acceptors (Lipinski definition) is 10. The van der Waals surface area contributed by atoms with Crippen LogP contribution >= 0.6 is 17.6 Å². The Hall–Kier alpha value is 0.490. The zero-order valence-electron chi connectivity index (χ0n) is 20.1. The van der Waals surface area contributed by atoms with Crippen molar-refractivity contribution >= 4 is 28.0 Å². The predicted octanol–water partition coefficient (Wildman–Crippen LogP) is 0.129. The molecule has 0 bridgehead atoms. The van der Waals surface area contributed by atoms with E-state index in [0.29, 0.717) is 12.3 Å². The third kappa shape index (κ3) is 7.26. The monoisotopic (exact) mass is 476 g/mol. The molecule has 0 amide bonds. The molecule has 2 atom stereocenters. The Morgan fingerprint density at radius 1 is 0.552 bits per heavy atom. The average molecular weight is 477 g/mol. The van der Waals surface area contributed by atoms with Gasteiger partial charge in [0.2, 0.25) is 0 Å². The van der Waals surface area contributed by atoms with E-state index in [9.17, 15) is 8.42 Å². The molecular formula is C16H42N6O4P2S. The van der Waals surface area contributed by atoms with Gasteiger partial charge in [-0.2, -0.15) is 8.42 Å². The second-order valence-corrected chi connectivity index (χ2v) is 11.6. The lowest BCUT2D eigenvalue weighted by Crippen LogP contribution is -2.65. The minimum absolute atomic E-state index is 0.268. The summed E-state index contributed by atoms with van der Waals surface area (Å²) in [5, 5.41) is 0. The van der Waals surface area contributed by atoms with Crippen molar-refractivity contribution in [3.8, 4) is 0 Å². The summed E-state index contributed by atoms with van der Waals surface area (Å²) in [6, 6.07) is 0. The predicted molar refractivity (Wildman–Crippen MR) is 125 cm³/mol. The molecule has 0 saturated heterocycles. The molecule has 0 aromatic heterocycles. The molecule has 0 aliphatic carbocycles. The van der Waals surface area contributed by atoms with E-state index in [2.05, 4.69) is 0 Å². The summed E-state index contributed by atoms with van der Waals surface area (Å²) in [5.74, 6) is -0.932. The second kappa shape index (κ2) is 11.9. The van der Waals surface area contributed by atoms with Crippen LogP contribution in [0, 0.1) is 0 Å². The quantitative estimate of drug-likeness (QED) is 0.255. The number of hydrogen-bond donors (Lipinski definition) is 0. The molecule has 0 fully saturated rings. The minimum atomic E-state index is -4.07. The molecule has 0 radical (unpaired) electrons. The normalized spacial score (nSPS) is 15.2. The van der Waals surface area contributed by atoms with Crippen molar-refractivity contribution in [2.24, 2.45) is 0 Å². The molecule has 0 aliphatic rings. The first-order valence-electron chi connectivity index (χ1n) is 9.20. The first-order valence-corrected chi connectivity index (χ1v) is 12.8. The summed E-state index contributed by atoms with van der Waals surface area (Å²) in [7, 11) is 18.9. The molecule has 2 unspecified atom stereocenters. The lowest BCUT2D eigenvalue weighted by Gasteiger charge is -2.49. The maximum Gasteiger partial charge on any atom is 0.405 e. The van der Waals surface area contributed by atoms with Gasteiger partial charge in [0, 0.05) is 29.9 Å². The highest BCUT2D eigenvalue weighted by molar-refractivity contribution is 7.87. The SMILES string of the molecule is CN(C)C(CPOS(=O)(=O)OPCC(N(C)C)(N(C)C)N(C)C)(N(C)C)N(C)C. The van der Waals surface area contributed by atoms with Crippen molar-refractivity contribution in [1.82, 2.24) is 29.4 Å². The van der Waals surface area contributed by atoms with E-state index in [1.165, 1.54) is 0 Å². The molecule has 29 heavy (non-hydrogen) atoms. The van der Waals surface area contributed by atoms with Gasteiger partial charge >= 0.3 is 10.4 Å². The molecule has 13 heteroatoms. The molecule has 176 valence electrons. The van der Waals surface area contributed by atoms with Crippen molar-refractivity contribution in [2.45, 2.75) is 11.6 Å². The van der Waals surface area contributed by atoms with E-state index in [4.69, 9.17) is 7.94 Å². The zero-order valence-corrected chi connectivity index (χ0v) is 23.0. The maximum absolute atomic E-state index is 12.3. The van der Waals surface area contributed by atoms with Crippen LogP contribution in [-0.4, -0.2) is 146 Å². The van der Waals surface area contributed by atoms with Gasteiger partial charge in [-0.25, -0.2) is 7.94 Å². The van der Waals surface area contributed by atoms with Crippen LogP contribution in [0.15, 0.2) is 0 Å². The Balaban J connectivity index is 5.03. The highest BCUT2D eigenvalue weighted by atomic mass is 32.3. The van der Waals surface area contributed by atoms with Gasteiger partial charge in [0.05, 0.1) is 0 Å². The Morgan fingerprint density at radius 2 is 0.759 bits per heavy atom. The third-order valence-corrected chi connectivity index (χ3v) is 9.05. The Bertz CT molecular complexity index is 500. The lowest BCUT2D eigenvalue weighted by molar-refractivity contribution is -0.0890. The van der Waals surface area contributed by atoms with Gasteiger partial charge in [-0.05, 0) is 84.6 Å². The molecule has 0 spiro atoms. The molecule has 0 N–H and O–H groups in total. The van der Waals surface area contributed by atoms with Crippen molar-refractivity contribution < 1.29 is 16.4 Å². The third-order valence-electron chi connectivity index (χ3n) is 5.24. The van der Waals surface area contributed by atoms with Gasteiger partial charge in [-0.15, -0.1) is 0 Å². The van der Waals surface area contributed by atoms with Crippen molar-refractivity contribution in [3.63, 3.8) is 0 Å². The molecular weight excluding hydrogens is 434 g/mol. The minimum Gasteiger partial charge on any atom is -0.279 e. The molecule has 0 heterocycles. The van der Waals surface area contributed by atoms with E-state index >= 15 is 0 Å². The standard InChI is InChI=1S/C16H42N6O4P2S/c1-17(2)15(18(3)4,19(5)6)13-27-25-29(23,24)26-28-14-16(20(7)8,21(9)10)22(11)12/h27-28H,13-14H2,1-12H3. The van der Waals surface area contributed by atoms with Crippen LogP contribution < -0.4 is 0 Å². The van der Waals surface area contributed by atoms with Crippen LogP contribution in [0.25, 0.3) is 0 Å². The highest BCUT2D eigenvalue weighted by Crippen LogP contribution is 2.33. The zero-order chi connectivity index (χ0) is 23.2. The van der Waals surface area contributed by atoms with Crippen LogP contribution in [0.2, 0.25) is 0 Å². The summed E-state index contributed by atoms with van der Waals surface area (Å²) >= 11 is 0. The smallest absolute Gasteiger partial charge is 0.279 e. The fraction of sp³-hybridized carbons (Fsp3) is 1.00. The van der Waals surface area contributed by atoms with Crippen LogP contribution in [0.4, 0.5) is 0 Å². The Labute approximate surface area is 182 Å². The molecule has 0 aromatic rings. The maximum atomic E-state index is 12.3. The molecule has 0 saturated carbocycles. The highest BCUT2D eigenvalue weighted by Gasteiger charge is 2.39. The van der Waals surface area contributed by atoms with Gasteiger partial charge in [0.1, 0.15) is 11.6 Å². The Kier molecular flexibility index (Phi) is 12.1. The van der Waals surface area contributed by atoms with E-state index in [0.717, 1.165) is 0 Å². The van der Waals surface area contributed by atoms with Gasteiger partial charge in [-0.3, -0.25) is 29.4 Å².